The number of benzene rings is 3. The molecular weight excluding hydrogens is 454 g/mol. The molecule has 1 fully saturated rings. The molecule has 1 atom stereocenters. The number of rotatable bonds is 7. The van der Waals surface area contributed by atoms with Gasteiger partial charge in [0.2, 0.25) is 0 Å². The van der Waals surface area contributed by atoms with Gasteiger partial charge in [0.15, 0.2) is 0 Å². The second-order valence-electron chi connectivity index (χ2n) is 10.0. The maximum absolute atomic E-state index is 13.6. The minimum absolute atomic E-state index is 0.0889. The Bertz CT molecular complexity index is 1070. The minimum atomic E-state index is -2.73. The first-order valence-corrected chi connectivity index (χ1v) is 14.1. The van der Waals surface area contributed by atoms with Crippen LogP contribution >= 0.6 is 0 Å². The normalized spacial score (nSPS) is 16.8. The number of hydrogen-bond acceptors (Lipinski definition) is 4. The summed E-state index contributed by atoms with van der Waals surface area (Å²) in [5.41, 5.74) is 1.47. The summed E-state index contributed by atoms with van der Waals surface area (Å²) in [7, 11) is -2.73. The molecule has 1 aliphatic heterocycles. The third-order valence-electron chi connectivity index (χ3n) is 6.81. The summed E-state index contributed by atoms with van der Waals surface area (Å²) in [5.74, 6) is -0.0889. The first-order chi connectivity index (χ1) is 16.9. The largest absolute Gasteiger partial charge is 0.403 e. The van der Waals surface area contributed by atoms with E-state index in [9.17, 15) is 9.90 Å². The summed E-state index contributed by atoms with van der Waals surface area (Å²) in [6.07, 6.45) is 0. The maximum atomic E-state index is 13.6. The Morgan fingerprint density at radius 2 is 1.54 bits per heavy atom. The fourth-order valence-corrected chi connectivity index (χ4v) is 9.56. The van der Waals surface area contributed by atoms with Crippen molar-refractivity contribution in [2.45, 2.75) is 38.5 Å². The molecule has 1 N–H and O–H groups in total. The average Bonchev–Trinajstić information content (AvgIpc) is 2.89. The van der Waals surface area contributed by atoms with Gasteiger partial charge < -0.3 is 19.2 Å². The second-order valence-corrected chi connectivity index (χ2v) is 14.3. The predicted octanol–water partition coefficient (Wildman–Crippen LogP) is 3.60. The van der Waals surface area contributed by atoms with Gasteiger partial charge in [0.05, 0.1) is 32.5 Å². The summed E-state index contributed by atoms with van der Waals surface area (Å²) in [6.45, 7) is 8.23. The number of hydrogen-bond donors (Lipinski definition) is 1. The first kappa shape index (κ1) is 25.3. The summed E-state index contributed by atoms with van der Waals surface area (Å²) in [6, 6.07) is 28.3. The lowest BCUT2D eigenvalue weighted by Crippen LogP contribution is -2.66. The van der Waals surface area contributed by atoms with Crippen molar-refractivity contribution in [1.29, 1.82) is 0 Å². The van der Waals surface area contributed by atoms with E-state index in [4.69, 9.17) is 9.16 Å². The van der Waals surface area contributed by atoms with Crippen LogP contribution in [0.4, 0.5) is 0 Å². The van der Waals surface area contributed by atoms with Crippen molar-refractivity contribution in [2.75, 3.05) is 26.4 Å². The average molecular weight is 490 g/mol. The van der Waals surface area contributed by atoms with Crippen LogP contribution in [0.15, 0.2) is 84.9 Å². The highest BCUT2D eigenvalue weighted by molar-refractivity contribution is 6.99. The van der Waals surface area contributed by atoms with E-state index in [0.29, 0.717) is 31.9 Å². The smallest absolute Gasteiger partial charge is 0.261 e. The molecule has 0 spiro atoms. The van der Waals surface area contributed by atoms with Crippen molar-refractivity contribution in [1.82, 2.24) is 4.90 Å². The molecule has 5 nitrogen and oxygen atoms in total. The van der Waals surface area contributed by atoms with E-state index < -0.39 is 8.32 Å². The Morgan fingerprint density at radius 1 is 0.971 bits per heavy atom. The Hall–Kier alpha value is -2.77. The molecule has 4 rings (SSSR count). The lowest BCUT2D eigenvalue weighted by atomic mass is 10.1. The topological polar surface area (TPSA) is 59.0 Å². The highest BCUT2D eigenvalue weighted by Gasteiger charge is 2.50. The van der Waals surface area contributed by atoms with E-state index in [2.05, 4.69) is 69.3 Å². The molecule has 0 radical (unpaired) electrons. The Kier molecular flexibility index (Phi) is 7.87. The van der Waals surface area contributed by atoms with Crippen LogP contribution in [0.5, 0.6) is 0 Å². The van der Waals surface area contributed by atoms with Gasteiger partial charge in [0.25, 0.3) is 14.2 Å². The maximum Gasteiger partial charge on any atom is 0.261 e. The molecule has 3 aromatic carbocycles. The zero-order valence-corrected chi connectivity index (χ0v) is 21.8. The predicted molar refractivity (Wildman–Crippen MR) is 142 cm³/mol. The number of morpholine rings is 1. The van der Waals surface area contributed by atoms with E-state index in [1.165, 1.54) is 10.4 Å². The van der Waals surface area contributed by atoms with Crippen LogP contribution in [-0.4, -0.2) is 56.6 Å². The van der Waals surface area contributed by atoms with Gasteiger partial charge >= 0.3 is 0 Å². The molecule has 1 saturated heterocycles. The molecule has 1 amide bonds. The first-order valence-electron chi connectivity index (χ1n) is 12.2. The highest BCUT2D eigenvalue weighted by Crippen LogP contribution is 2.37. The van der Waals surface area contributed by atoms with Crippen molar-refractivity contribution < 1.29 is 19.1 Å². The Morgan fingerprint density at radius 3 is 2.11 bits per heavy atom. The molecule has 1 heterocycles. The molecule has 0 aromatic heterocycles. The number of amides is 1. The fraction of sp³-hybridized carbons (Fsp3) is 0.345. The van der Waals surface area contributed by atoms with Gasteiger partial charge in [0.1, 0.15) is 0 Å². The van der Waals surface area contributed by atoms with Gasteiger partial charge in [-0.15, -0.1) is 0 Å². The molecule has 0 bridgehead atoms. The van der Waals surface area contributed by atoms with Gasteiger partial charge in [-0.3, -0.25) is 4.79 Å². The highest BCUT2D eigenvalue weighted by atomic mass is 28.4. The monoisotopic (exact) mass is 489 g/mol. The minimum Gasteiger partial charge on any atom is -0.403 e. The quantitative estimate of drug-likeness (QED) is 0.516. The molecule has 0 unspecified atom stereocenters. The zero-order chi connectivity index (χ0) is 24.9. The third kappa shape index (κ3) is 5.11. The van der Waals surface area contributed by atoms with Gasteiger partial charge in [-0.1, -0.05) is 99.6 Å². The second kappa shape index (κ2) is 10.9. The van der Waals surface area contributed by atoms with Crippen molar-refractivity contribution >= 4 is 24.6 Å². The van der Waals surface area contributed by atoms with Crippen LogP contribution < -0.4 is 10.4 Å². The standard InChI is InChI=1S/C29H35NO4Si/c1-29(2,3)35(25-13-6-4-7-14-25,26-15-8-5-9-16-26)34-21-23-12-10-11-17-27(23)28(32)30-18-19-33-22-24(30)20-31/h4-17,24,31H,18-22H2,1-3H3/t24-/m1/s1. The van der Waals surface area contributed by atoms with Crippen molar-refractivity contribution in [3.05, 3.63) is 96.1 Å². The van der Waals surface area contributed by atoms with Crippen LogP contribution in [0.25, 0.3) is 0 Å². The van der Waals surface area contributed by atoms with Crippen LogP contribution in [0, 0.1) is 0 Å². The van der Waals surface area contributed by atoms with Gasteiger partial charge in [-0.05, 0) is 27.0 Å². The lowest BCUT2D eigenvalue weighted by Gasteiger charge is -2.43. The summed E-state index contributed by atoms with van der Waals surface area (Å²) >= 11 is 0. The lowest BCUT2D eigenvalue weighted by molar-refractivity contribution is -0.0184. The molecule has 6 heteroatoms. The van der Waals surface area contributed by atoms with Crippen molar-refractivity contribution in [3.8, 4) is 0 Å². The molecule has 0 saturated carbocycles. The summed E-state index contributed by atoms with van der Waals surface area (Å²) in [5, 5.41) is 12.0. The van der Waals surface area contributed by atoms with E-state index in [0.717, 1.165) is 5.56 Å². The molecule has 0 aliphatic carbocycles. The van der Waals surface area contributed by atoms with E-state index >= 15 is 0 Å². The number of aliphatic hydroxyl groups excluding tert-OH is 1. The van der Waals surface area contributed by atoms with Gasteiger partial charge in [-0.2, -0.15) is 0 Å². The summed E-state index contributed by atoms with van der Waals surface area (Å²) < 4.78 is 12.6. The van der Waals surface area contributed by atoms with Gasteiger partial charge in [0, 0.05) is 12.1 Å². The fourth-order valence-electron chi connectivity index (χ4n) is 5.03. The Labute approximate surface area is 209 Å². The van der Waals surface area contributed by atoms with Crippen LogP contribution in [0.3, 0.4) is 0 Å². The van der Waals surface area contributed by atoms with E-state index in [1.807, 2.05) is 36.4 Å². The van der Waals surface area contributed by atoms with Gasteiger partial charge in [-0.25, -0.2) is 0 Å². The van der Waals surface area contributed by atoms with E-state index in [1.54, 1.807) is 4.90 Å². The van der Waals surface area contributed by atoms with Crippen LogP contribution in [-0.2, 0) is 15.8 Å². The third-order valence-corrected chi connectivity index (χ3v) is 11.8. The number of nitrogens with zero attached hydrogens (tertiary/aromatic N) is 1. The van der Waals surface area contributed by atoms with Crippen LogP contribution in [0.1, 0.15) is 36.7 Å². The Balaban J connectivity index is 1.73. The number of carbonyl (C=O) groups is 1. The summed E-state index contributed by atoms with van der Waals surface area (Å²) in [4.78, 5) is 15.3. The van der Waals surface area contributed by atoms with Crippen molar-refractivity contribution in [3.63, 3.8) is 0 Å². The molecule has 1 aliphatic rings. The van der Waals surface area contributed by atoms with E-state index in [-0.39, 0.29) is 23.6 Å². The zero-order valence-electron chi connectivity index (χ0n) is 20.8. The molecular formula is C29H35NO4Si. The molecule has 184 valence electrons. The number of aliphatic hydroxyl groups is 1. The molecule has 3 aromatic rings. The van der Waals surface area contributed by atoms with Crippen molar-refractivity contribution in [2.24, 2.45) is 0 Å². The SMILES string of the molecule is CC(C)(C)[Si](OCc1ccccc1C(=O)N1CCOC[C@H]1CO)(c1ccccc1)c1ccccc1. The molecule has 35 heavy (non-hydrogen) atoms. The van der Waals surface area contributed by atoms with Crippen LogP contribution in [0.2, 0.25) is 5.04 Å². The number of carbonyl (C=O) groups excluding carboxylic acids is 1. The number of ether oxygens (including phenoxy) is 1.